The molecule has 0 aromatic rings. The molecule has 0 heterocycles. The second-order valence-electron chi connectivity index (χ2n) is 4.84. The van der Waals surface area contributed by atoms with Crippen molar-refractivity contribution in [1.29, 1.82) is 0 Å². The van der Waals surface area contributed by atoms with Crippen LogP contribution in [0.1, 0.15) is 34.1 Å². The highest BCUT2D eigenvalue weighted by molar-refractivity contribution is 5.84. The van der Waals surface area contributed by atoms with Crippen molar-refractivity contribution in [3.05, 3.63) is 0 Å². The summed E-state index contributed by atoms with van der Waals surface area (Å²) >= 11 is 0. The summed E-state index contributed by atoms with van der Waals surface area (Å²) in [7, 11) is 0. The summed E-state index contributed by atoms with van der Waals surface area (Å²) in [5.74, 6) is -2.26. The third kappa shape index (κ3) is 6.88. The Bertz CT molecular complexity index is 312. The molecule has 0 aromatic carbocycles. The monoisotopic (exact) mass is 259 g/mol. The number of ether oxygens (including phenoxy) is 1. The minimum absolute atomic E-state index is 0.137. The highest BCUT2D eigenvalue weighted by atomic mass is 16.5. The van der Waals surface area contributed by atoms with Crippen molar-refractivity contribution in [3.63, 3.8) is 0 Å². The second kappa shape index (κ2) is 7.68. The van der Waals surface area contributed by atoms with Crippen LogP contribution in [0.5, 0.6) is 0 Å². The van der Waals surface area contributed by atoms with Crippen molar-refractivity contribution in [2.45, 2.75) is 40.2 Å². The molecule has 0 rings (SSSR count). The van der Waals surface area contributed by atoms with Gasteiger partial charge in [-0.2, -0.15) is 0 Å². The zero-order chi connectivity index (χ0) is 14.3. The van der Waals surface area contributed by atoms with Gasteiger partial charge in [-0.25, -0.2) is 4.79 Å². The Hall–Kier alpha value is -1.59. The van der Waals surface area contributed by atoms with Gasteiger partial charge in [-0.05, 0) is 5.92 Å². The number of hydrogen-bond acceptors (Lipinski definition) is 4. The maximum atomic E-state index is 11.4. The molecule has 0 spiro atoms. The summed E-state index contributed by atoms with van der Waals surface area (Å²) in [4.78, 5) is 33.5. The number of carbonyl (C=O) groups excluding carboxylic acids is 2. The lowest BCUT2D eigenvalue weighted by Gasteiger charge is -2.16. The molecule has 0 saturated carbocycles. The van der Waals surface area contributed by atoms with E-state index in [1.165, 1.54) is 0 Å². The van der Waals surface area contributed by atoms with Crippen LogP contribution in [0.2, 0.25) is 0 Å². The molecule has 0 unspecified atom stereocenters. The number of carboxylic acid groups (broad SMARTS) is 1. The molecular formula is C12H21NO5. The average Bonchev–Trinajstić information content (AvgIpc) is 2.21. The van der Waals surface area contributed by atoms with E-state index in [2.05, 4.69) is 5.32 Å². The summed E-state index contributed by atoms with van der Waals surface area (Å²) < 4.78 is 4.80. The van der Waals surface area contributed by atoms with E-state index in [0.717, 1.165) is 0 Å². The maximum Gasteiger partial charge on any atom is 0.329 e. The van der Waals surface area contributed by atoms with Crippen molar-refractivity contribution >= 4 is 17.8 Å². The molecule has 0 aliphatic rings. The fourth-order valence-electron chi connectivity index (χ4n) is 1.13. The highest BCUT2D eigenvalue weighted by Crippen LogP contribution is 2.01. The van der Waals surface area contributed by atoms with Gasteiger partial charge in [-0.15, -0.1) is 0 Å². The smallest absolute Gasteiger partial charge is 0.329 e. The number of nitrogens with one attached hydrogen (secondary N) is 1. The zero-order valence-corrected chi connectivity index (χ0v) is 11.2. The summed E-state index contributed by atoms with van der Waals surface area (Å²) in [5.41, 5.74) is 0. The number of carbonyl (C=O) groups is 3. The first-order valence-corrected chi connectivity index (χ1v) is 5.92. The van der Waals surface area contributed by atoms with E-state index in [1.807, 2.05) is 13.8 Å². The van der Waals surface area contributed by atoms with Crippen LogP contribution < -0.4 is 5.32 Å². The minimum atomic E-state index is -1.22. The van der Waals surface area contributed by atoms with Crippen molar-refractivity contribution in [2.24, 2.45) is 11.8 Å². The average molecular weight is 259 g/mol. The van der Waals surface area contributed by atoms with E-state index in [1.54, 1.807) is 13.8 Å². The summed E-state index contributed by atoms with van der Waals surface area (Å²) in [6.45, 7) is 6.66. The van der Waals surface area contributed by atoms with E-state index in [9.17, 15) is 14.4 Å². The quantitative estimate of drug-likeness (QED) is 0.660. The van der Waals surface area contributed by atoms with Crippen molar-refractivity contribution in [2.75, 3.05) is 6.61 Å². The fourth-order valence-corrected chi connectivity index (χ4v) is 1.13. The van der Waals surface area contributed by atoms with Crippen LogP contribution in [0.15, 0.2) is 0 Å². The van der Waals surface area contributed by atoms with Gasteiger partial charge < -0.3 is 15.2 Å². The van der Waals surface area contributed by atoms with Crippen molar-refractivity contribution in [3.8, 4) is 0 Å². The Balaban J connectivity index is 4.28. The zero-order valence-electron chi connectivity index (χ0n) is 11.2. The maximum absolute atomic E-state index is 11.4. The summed E-state index contributed by atoms with van der Waals surface area (Å²) in [5, 5.41) is 11.2. The third-order valence-corrected chi connectivity index (χ3v) is 2.09. The van der Waals surface area contributed by atoms with Gasteiger partial charge in [0, 0.05) is 6.42 Å². The van der Waals surface area contributed by atoms with Crippen LogP contribution in [0, 0.1) is 11.8 Å². The Kier molecular flexibility index (Phi) is 7.00. The molecule has 0 aromatic heterocycles. The van der Waals surface area contributed by atoms with Crippen LogP contribution in [-0.2, 0) is 19.1 Å². The highest BCUT2D eigenvalue weighted by Gasteiger charge is 2.22. The Morgan fingerprint density at radius 2 is 1.72 bits per heavy atom. The van der Waals surface area contributed by atoms with E-state index >= 15 is 0 Å². The number of amides is 1. The molecule has 18 heavy (non-hydrogen) atoms. The van der Waals surface area contributed by atoms with Gasteiger partial charge in [0.1, 0.15) is 6.61 Å². The lowest BCUT2D eigenvalue weighted by atomic mass is 10.1. The lowest BCUT2D eigenvalue weighted by Crippen LogP contribution is -2.45. The first-order chi connectivity index (χ1) is 8.23. The van der Waals surface area contributed by atoms with Crippen molar-refractivity contribution < 1.29 is 24.2 Å². The number of rotatable bonds is 7. The third-order valence-electron chi connectivity index (χ3n) is 2.09. The van der Waals surface area contributed by atoms with Gasteiger partial charge in [0.05, 0.1) is 5.92 Å². The minimum Gasteiger partial charge on any atom is -0.480 e. The summed E-state index contributed by atoms with van der Waals surface area (Å²) in [6, 6.07) is -1.20. The molecule has 0 aliphatic carbocycles. The number of hydrogen-bond donors (Lipinski definition) is 2. The molecule has 0 fully saturated rings. The Morgan fingerprint density at radius 3 is 2.11 bits per heavy atom. The molecule has 0 saturated heterocycles. The normalized spacial score (nSPS) is 12.3. The molecule has 2 N–H and O–H groups in total. The van der Waals surface area contributed by atoms with Gasteiger partial charge in [0.2, 0.25) is 5.91 Å². The topological polar surface area (TPSA) is 92.7 Å². The predicted octanol–water partition coefficient (Wildman–Crippen LogP) is 0.801. The molecule has 0 radical (unpaired) electrons. The van der Waals surface area contributed by atoms with Crippen LogP contribution in [-0.4, -0.2) is 35.6 Å². The standard InChI is InChI=1S/C12H21NO5/c1-7(2)5-10(14)13-9(11(15)16)6-18-12(17)8(3)4/h7-9H,5-6H2,1-4H3,(H,13,14)(H,15,16)/t9-/m0/s1. The number of esters is 1. The molecule has 6 nitrogen and oxygen atoms in total. The van der Waals surface area contributed by atoms with Crippen LogP contribution in [0.25, 0.3) is 0 Å². The Morgan fingerprint density at radius 1 is 1.17 bits per heavy atom. The van der Waals surface area contributed by atoms with Gasteiger partial charge in [0.15, 0.2) is 6.04 Å². The summed E-state index contributed by atoms with van der Waals surface area (Å²) in [6.07, 6.45) is 0.238. The fraction of sp³-hybridized carbons (Fsp3) is 0.750. The number of carboxylic acids is 1. The molecule has 104 valence electrons. The number of aliphatic carboxylic acids is 1. The first kappa shape index (κ1) is 16.4. The molecular weight excluding hydrogens is 238 g/mol. The van der Waals surface area contributed by atoms with E-state index in [4.69, 9.17) is 9.84 Å². The molecule has 1 amide bonds. The Labute approximate surface area is 107 Å². The van der Waals surface area contributed by atoms with Crippen LogP contribution >= 0.6 is 0 Å². The molecule has 1 atom stereocenters. The van der Waals surface area contributed by atoms with Gasteiger partial charge in [0.25, 0.3) is 0 Å². The first-order valence-electron chi connectivity index (χ1n) is 5.92. The van der Waals surface area contributed by atoms with Crippen LogP contribution in [0.4, 0.5) is 0 Å². The SMILES string of the molecule is CC(C)CC(=O)N[C@@H](COC(=O)C(C)C)C(=O)O. The second-order valence-corrected chi connectivity index (χ2v) is 4.84. The van der Waals surface area contributed by atoms with Crippen LogP contribution in [0.3, 0.4) is 0 Å². The van der Waals surface area contributed by atoms with E-state index in [0.29, 0.717) is 0 Å². The van der Waals surface area contributed by atoms with Crippen molar-refractivity contribution in [1.82, 2.24) is 5.32 Å². The van der Waals surface area contributed by atoms with E-state index in [-0.39, 0.29) is 30.8 Å². The molecule has 6 heteroatoms. The van der Waals surface area contributed by atoms with Gasteiger partial charge >= 0.3 is 11.9 Å². The predicted molar refractivity (Wildman–Crippen MR) is 64.8 cm³/mol. The van der Waals surface area contributed by atoms with Gasteiger partial charge in [-0.3, -0.25) is 9.59 Å². The van der Waals surface area contributed by atoms with E-state index < -0.39 is 18.0 Å². The molecule has 0 aliphatic heterocycles. The van der Waals surface area contributed by atoms with Gasteiger partial charge in [-0.1, -0.05) is 27.7 Å². The molecule has 0 bridgehead atoms. The lowest BCUT2D eigenvalue weighted by molar-refractivity contribution is -0.152. The largest absolute Gasteiger partial charge is 0.480 e.